The van der Waals surface area contributed by atoms with Crippen LogP contribution in [-0.2, 0) is 0 Å². The van der Waals surface area contributed by atoms with Gasteiger partial charge >= 0.3 is 0 Å². The minimum absolute atomic E-state index is 1.17. The molecule has 1 nitrogen and oxygen atoms in total. The molecule has 2 aliphatic rings. The molecule has 0 N–H and O–H groups in total. The largest absolute Gasteiger partial charge is 0.250 e. The molecule has 1 spiro atoms. The van der Waals surface area contributed by atoms with Crippen LogP contribution in [-0.4, -0.2) is 13.1 Å². The van der Waals surface area contributed by atoms with Crippen molar-refractivity contribution >= 4 is 52.3 Å². The average molecular weight is 398 g/mol. The summed E-state index contributed by atoms with van der Waals surface area (Å²) in [6, 6.07) is 31.4. The molecule has 6 rings (SSSR count). The molecule has 4 aromatic rings. The lowest BCUT2D eigenvalue weighted by atomic mass is 10.3. The van der Waals surface area contributed by atoms with Crippen LogP contribution in [0, 0.1) is 0 Å². The van der Waals surface area contributed by atoms with Gasteiger partial charge in [0.05, 0.1) is 0 Å². The number of hydrogen-bond donors (Lipinski definition) is 0. The highest BCUT2D eigenvalue weighted by Gasteiger charge is 2.51. The van der Waals surface area contributed by atoms with E-state index in [9.17, 15) is 0 Å². The first-order valence-corrected chi connectivity index (χ1v) is 12.6. The van der Waals surface area contributed by atoms with Crippen LogP contribution < -0.4 is 20.7 Å². The smallest absolute Gasteiger partial charge is 0.186 e. The molecular weight excluding hydrogens is 382 g/mol. The van der Waals surface area contributed by atoms with E-state index in [4.69, 9.17) is 4.98 Å². The van der Waals surface area contributed by atoms with E-state index in [0.717, 1.165) is 0 Å². The van der Waals surface area contributed by atoms with Crippen LogP contribution in [0.5, 0.6) is 0 Å². The summed E-state index contributed by atoms with van der Waals surface area (Å²) < 4.78 is 0. The fourth-order valence-corrected chi connectivity index (χ4v) is 13.5. The van der Waals surface area contributed by atoms with Crippen LogP contribution >= 0.6 is 23.5 Å². The Hall–Kier alpha value is -2.27. The summed E-state index contributed by atoms with van der Waals surface area (Å²) in [6.07, 6.45) is 1.93. The molecule has 128 valence electrons. The third-order valence-corrected chi connectivity index (χ3v) is 13.4. The van der Waals surface area contributed by atoms with Crippen LogP contribution in [0.2, 0.25) is 0 Å². The van der Waals surface area contributed by atoms with E-state index in [-0.39, 0.29) is 0 Å². The van der Waals surface area contributed by atoms with E-state index >= 15 is 0 Å². The second kappa shape index (κ2) is 5.86. The van der Waals surface area contributed by atoms with Gasteiger partial charge < -0.3 is 0 Å². The molecule has 27 heavy (non-hydrogen) atoms. The monoisotopic (exact) mass is 397 g/mol. The van der Waals surface area contributed by atoms with Crippen molar-refractivity contribution in [3.8, 4) is 0 Å². The van der Waals surface area contributed by atoms with E-state index in [1.807, 2.05) is 29.7 Å². The first-order chi connectivity index (χ1) is 13.4. The Morgan fingerprint density at radius 2 is 1.00 bits per heavy atom. The first-order valence-electron chi connectivity index (χ1n) is 8.99. The van der Waals surface area contributed by atoms with Gasteiger partial charge in [-0.05, 0) is 45.0 Å². The standard InChI is InChI=1S/C23H15NS2Si/c1-4-11-19-16(8-1)25-17-9-2-5-12-20(17)27(19)21-13-6-3-10-18(21)26-23-22(27)14-7-15-24-23/h1-15H. The van der Waals surface area contributed by atoms with E-state index in [1.54, 1.807) is 0 Å². The molecule has 0 fully saturated rings. The molecule has 3 aromatic carbocycles. The third kappa shape index (κ3) is 2.06. The summed E-state index contributed by atoms with van der Waals surface area (Å²) in [4.78, 5) is 8.93. The molecular formula is C23H15NS2Si. The lowest BCUT2D eigenvalue weighted by molar-refractivity contribution is 1.15. The molecule has 0 atom stereocenters. The Balaban J connectivity index is 1.85. The maximum absolute atomic E-state index is 4.80. The van der Waals surface area contributed by atoms with Gasteiger partial charge in [-0.3, -0.25) is 0 Å². The molecule has 3 heterocycles. The molecule has 0 amide bonds. The van der Waals surface area contributed by atoms with Crippen LogP contribution in [0.15, 0.2) is 111 Å². The minimum Gasteiger partial charge on any atom is -0.250 e. The second-order valence-corrected chi connectivity index (χ2v) is 12.6. The van der Waals surface area contributed by atoms with Gasteiger partial charge in [0, 0.05) is 20.9 Å². The molecule has 0 bridgehead atoms. The maximum Gasteiger partial charge on any atom is 0.186 e. The number of fused-ring (bicyclic) bond motifs is 8. The van der Waals surface area contributed by atoms with E-state index in [2.05, 4.69) is 84.9 Å². The molecule has 0 aliphatic carbocycles. The third-order valence-electron chi connectivity index (χ3n) is 5.47. The van der Waals surface area contributed by atoms with E-state index in [1.165, 1.54) is 40.5 Å². The average Bonchev–Trinajstić information content (AvgIpc) is 2.73. The zero-order valence-corrected chi connectivity index (χ0v) is 17.1. The predicted octanol–water partition coefficient (Wildman–Crippen LogP) is 3.39. The SMILES string of the molecule is c1ccc2c(c1)Sc1ccccc1[Si]21c2ccccc2Sc2ncccc21. The van der Waals surface area contributed by atoms with Gasteiger partial charge in [-0.2, -0.15) is 0 Å². The fourth-order valence-electron chi connectivity index (χ4n) is 4.45. The quantitative estimate of drug-likeness (QED) is 0.365. The minimum atomic E-state index is -2.36. The number of hydrogen-bond acceptors (Lipinski definition) is 3. The highest BCUT2D eigenvalue weighted by atomic mass is 32.2. The van der Waals surface area contributed by atoms with Gasteiger partial charge in [0.25, 0.3) is 0 Å². The van der Waals surface area contributed by atoms with Crippen LogP contribution in [0.3, 0.4) is 0 Å². The van der Waals surface area contributed by atoms with Crippen molar-refractivity contribution in [2.75, 3.05) is 0 Å². The highest BCUT2D eigenvalue weighted by Crippen LogP contribution is 2.38. The van der Waals surface area contributed by atoms with Crippen molar-refractivity contribution in [3.05, 3.63) is 91.1 Å². The fraction of sp³-hybridized carbons (Fsp3) is 0. The molecule has 0 radical (unpaired) electrons. The second-order valence-electron chi connectivity index (χ2n) is 6.80. The summed E-state index contributed by atoms with van der Waals surface area (Å²) in [5, 5.41) is 7.08. The molecule has 0 saturated heterocycles. The zero-order chi connectivity index (χ0) is 17.8. The molecule has 0 unspecified atom stereocenters. The Morgan fingerprint density at radius 1 is 0.519 bits per heavy atom. The Kier molecular flexibility index (Phi) is 3.42. The normalized spacial score (nSPS) is 15.4. The number of pyridine rings is 1. The lowest BCUT2D eigenvalue weighted by Gasteiger charge is -2.43. The van der Waals surface area contributed by atoms with Crippen molar-refractivity contribution < 1.29 is 0 Å². The Morgan fingerprint density at radius 3 is 1.59 bits per heavy atom. The Labute approximate surface area is 167 Å². The predicted molar refractivity (Wildman–Crippen MR) is 116 cm³/mol. The number of benzene rings is 3. The van der Waals surface area contributed by atoms with Gasteiger partial charge in [0.15, 0.2) is 8.07 Å². The van der Waals surface area contributed by atoms with Gasteiger partial charge in [0.1, 0.15) is 5.03 Å². The van der Waals surface area contributed by atoms with Gasteiger partial charge in [0.2, 0.25) is 0 Å². The molecule has 2 aliphatic heterocycles. The number of rotatable bonds is 0. The Bertz CT molecular complexity index is 1010. The summed E-state index contributed by atoms with van der Waals surface area (Å²) in [7, 11) is -2.36. The first kappa shape index (κ1) is 15.8. The number of aromatic nitrogens is 1. The van der Waals surface area contributed by atoms with Crippen molar-refractivity contribution in [3.63, 3.8) is 0 Å². The van der Waals surface area contributed by atoms with Crippen molar-refractivity contribution in [2.24, 2.45) is 0 Å². The maximum atomic E-state index is 4.80. The van der Waals surface area contributed by atoms with Crippen molar-refractivity contribution in [1.82, 2.24) is 4.98 Å². The van der Waals surface area contributed by atoms with Gasteiger partial charge in [-0.1, -0.05) is 84.2 Å². The van der Waals surface area contributed by atoms with Crippen LogP contribution in [0.25, 0.3) is 0 Å². The number of nitrogens with zero attached hydrogens (tertiary/aromatic N) is 1. The van der Waals surface area contributed by atoms with Crippen LogP contribution in [0.4, 0.5) is 0 Å². The van der Waals surface area contributed by atoms with Crippen molar-refractivity contribution in [1.29, 1.82) is 0 Å². The van der Waals surface area contributed by atoms with Crippen molar-refractivity contribution in [2.45, 2.75) is 19.7 Å². The summed E-state index contributed by atoms with van der Waals surface area (Å²) in [5.41, 5.74) is 0. The van der Waals surface area contributed by atoms with Gasteiger partial charge in [-0.25, -0.2) is 4.98 Å². The summed E-state index contributed by atoms with van der Waals surface area (Å²) in [5.74, 6) is 0. The van der Waals surface area contributed by atoms with E-state index < -0.39 is 8.07 Å². The van der Waals surface area contributed by atoms with Crippen LogP contribution in [0.1, 0.15) is 0 Å². The topological polar surface area (TPSA) is 12.9 Å². The molecule has 4 heteroatoms. The highest BCUT2D eigenvalue weighted by molar-refractivity contribution is 8.01. The lowest BCUT2D eigenvalue weighted by Crippen LogP contribution is -2.78. The zero-order valence-electron chi connectivity index (χ0n) is 14.4. The van der Waals surface area contributed by atoms with Gasteiger partial charge in [-0.15, -0.1) is 0 Å². The van der Waals surface area contributed by atoms with E-state index in [0.29, 0.717) is 0 Å². The molecule has 0 saturated carbocycles. The summed E-state index contributed by atoms with van der Waals surface area (Å²) >= 11 is 3.72. The summed E-state index contributed by atoms with van der Waals surface area (Å²) in [6.45, 7) is 0. The molecule has 1 aromatic heterocycles.